The number of para-hydroxylation sites is 1. The van der Waals surface area contributed by atoms with Crippen LogP contribution >= 0.6 is 0 Å². The van der Waals surface area contributed by atoms with Crippen molar-refractivity contribution in [3.63, 3.8) is 0 Å². The lowest BCUT2D eigenvalue weighted by Gasteiger charge is -2.36. The Morgan fingerprint density at radius 2 is 1.46 bits per heavy atom. The fourth-order valence-electron chi connectivity index (χ4n) is 3.25. The average Bonchev–Trinajstić information content (AvgIpc) is 2.72. The molecule has 1 aliphatic heterocycles. The molecule has 2 aromatic rings. The molecule has 138 valence electrons. The van der Waals surface area contributed by atoms with Crippen LogP contribution in [-0.2, 0) is 0 Å². The molecule has 1 saturated heterocycles. The number of nitrogens with zero attached hydrogens (tertiary/aromatic N) is 2. The van der Waals surface area contributed by atoms with Gasteiger partial charge in [0, 0.05) is 31.9 Å². The lowest BCUT2D eigenvalue weighted by Crippen LogP contribution is -2.48. The minimum Gasteiger partial charge on any atom is -0.493 e. The molecule has 1 aliphatic rings. The molecule has 6 heteroatoms. The molecule has 1 amide bonds. The summed E-state index contributed by atoms with van der Waals surface area (Å²) in [5, 5.41) is 0. The Balaban J connectivity index is 1.76. The Bertz CT molecular complexity index is 756. The van der Waals surface area contributed by atoms with Crippen molar-refractivity contribution < 1.29 is 19.0 Å². The summed E-state index contributed by atoms with van der Waals surface area (Å²) in [5.41, 5.74) is 1.67. The van der Waals surface area contributed by atoms with Gasteiger partial charge in [-0.3, -0.25) is 4.79 Å². The first-order valence-electron chi connectivity index (χ1n) is 8.57. The second kappa shape index (κ2) is 7.99. The average molecular weight is 356 g/mol. The van der Waals surface area contributed by atoms with Crippen LogP contribution in [0.4, 0.5) is 5.69 Å². The molecule has 0 N–H and O–H groups in total. The molecule has 0 unspecified atom stereocenters. The molecule has 0 aliphatic carbocycles. The summed E-state index contributed by atoms with van der Waals surface area (Å²) in [6.07, 6.45) is 0. The molecule has 3 rings (SSSR count). The van der Waals surface area contributed by atoms with Crippen molar-refractivity contribution in [2.24, 2.45) is 0 Å². The monoisotopic (exact) mass is 356 g/mol. The molecule has 0 aromatic heterocycles. The predicted octanol–water partition coefficient (Wildman–Crippen LogP) is 2.67. The number of rotatable bonds is 5. The van der Waals surface area contributed by atoms with Gasteiger partial charge in [0.2, 0.25) is 5.75 Å². The smallest absolute Gasteiger partial charge is 0.257 e. The summed E-state index contributed by atoms with van der Waals surface area (Å²) in [6.45, 7) is 2.91. The summed E-state index contributed by atoms with van der Waals surface area (Å²) in [6, 6.07) is 13.7. The van der Waals surface area contributed by atoms with Crippen LogP contribution in [0.25, 0.3) is 0 Å². The van der Waals surface area contributed by atoms with Gasteiger partial charge in [-0.05, 0) is 24.3 Å². The van der Waals surface area contributed by atoms with Gasteiger partial charge in [0.15, 0.2) is 11.5 Å². The maximum atomic E-state index is 13.0. The van der Waals surface area contributed by atoms with Gasteiger partial charge in [-0.2, -0.15) is 0 Å². The van der Waals surface area contributed by atoms with Gasteiger partial charge in [0.05, 0.1) is 26.9 Å². The van der Waals surface area contributed by atoms with Crippen molar-refractivity contribution in [1.82, 2.24) is 4.90 Å². The number of hydrogen-bond acceptors (Lipinski definition) is 5. The first-order valence-corrected chi connectivity index (χ1v) is 8.57. The molecule has 1 fully saturated rings. The highest BCUT2D eigenvalue weighted by Gasteiger charge is 2.27. The van der Waals surface area contributed by atoms with E-state index < -0.39 is 0 Å². The van der Waals surface area contributed by atoms with Crippen LogP contribution in [-0.4, -0.2) is 58.3 Å². The maximum Gasteiger partial charge on any atom is 0.257 e. The number of anilines is 1. The highest BCUT2D eigenvalue weighted by molar-refractivity contribution is 5.98. The fraction of sp³-hybridized carbons (Fsp3) is 0.350. The zero-order valence-corrected chi connectivity index (χ0v) is 15.4. The summed E-state index contributed by atoms with van der Waals surface area (Å²) in [7, 11) is 4.62. The number of methoxy groups -OCH3 is 3. The second-order valence-corrected chi connectivity index (χ2v) is 6.00. The Kier molecular flexibility index (Phi) is 5.51. The Morgan fingerprint density at radius 3 is 2.04 bits per heavy atom. The van der Waals surface area contributed by atoms with Crippen molar-refractivity contribution in [3.05, 3.63) is 48.0 Å². The van der Waals surface area contributed by atoms with Crippen molar-refractivity contribution in [1.29, 1.82) is 0 Å². The lowest BCUT2D eigenvalue weighted by molar-refractivity contribution is 0.0742. The molecule has 0 radical (unpaired) electrons. The van der Waals surface area contributed by atoms with E-state index in [1.165, 1.54) is 19.9 Å². The molecule has 6 nitrogen and oxygen atoms in total. The summed E-state index contributed by atoms with van der Waals surface area (Å²) in [5.74, 6) is 1.32. The van der Waals surface area contributed by atoms with E-state index in [-0.39, 0.29) is 5.91 Å². The van der Waals surface area contributed by atoms with Crippen molar-refractivity contribution in [3.8, 4) is 17.2 Å². The summed E-state index contributed by atoms with van der Waals surface area (Å²) < 4.78 is 16.1. The van der Waals surface area contributed by atoms with Crippen LogP contribution in [0.1, 0.15) is 10.4 Å². The molecule has 2 aromatic carbocycles. The molecular formula is C20H24N2O4. The summed E-state index contributed by atoms with van der Waals surface area (Å²) >= 11 is 0. The predicted molar refractivity (Wildman–Crippen MR) is 101 cm³/mol. The Hall–Kier alpha value is -2.89. The van der Waals surface area contributed by atoms with E-state index in [1.807, 2.05) is 23.1 Å². The van der Waals surface area contributed by atoms with Gasteiger partial charge in [0.1, 0.15) is 0 Å². The van der Waals surface area contributed by atoms with Crippen molar-refractivity contribution >= 4 is 11.6 Å². The van der Waals surface area contributed by atoms with Gasteiger partial charge in [-0.1, -0.05) is 18.2 Å². The zero-order valence-electron chi connectivity index (χ0n) is 15.4. The third-order valence-electron chi connectivity index (χ3n) is 4.62. The van der Waals surface area contributed by atoms with Crippen LogP contribution in [0, 0.1) is 0 Å². The molecule has 1 heterocycles. The normalized spacial score (nSPS) is 14.1. The minimum absolute atomic E-state index is 0.0597. The number of carbonyl (C=O) groups is 1. The van der Waals surface area contributed by atoms with Gasteiger partial charge in [-0.25, -0.2) is 0 Å². The highest BCUT2D eigenvalue weighted by atomic mass is 16.5. The van der Waals surface area contributed by atoms with Crippen molar-refractivity contribution in [2.45, 2.75) is 0 Å². The molecule has 0 bridgehead atoms. The van der Waals surface area contributed by atoms with Gasteiger partial charge in [-0.15, -0.1) is 0 Å². The number of piperazine rings is 1. The van der Waals surface area contributed by atoms with Gasteiger partial charge < -0.3 is 24.0 Å². The minimum atomic E-state index is -0.0597. The van der Waals surface area contributed by atoms with E-state index >= 15 is 0 Å². The van der Waals surface area contributed by atoms with Gasteiger partial charge in [0.25, 0.3) is 5.91 Å². The number of hydrogen-bond donors (Lipinski definition) is 0. The number of carbonyl (C=O) groups excluding carboxylic acids is 1. The van der Waals surface area contributed by atoms with Crippen LogP contribution < -0.4 is 19.1 Å². The number of benzene rings is 2. The maximum absolute atomic E-state index is 13.0. The molecule has 0 saturated carbocycles. The second-order valence-electron chi connectivity index (χ2n) is 6.00. The van der Waals surface area contributed by atoms with E-state index in [0.29, 0.717) is 35.9 Å². The molecule has 26 heavy (non-hydrogen) atoms. The Morgan fingerprint density at radius 1 is 0.808 bits per heavy atom. The Labute approximate surface area is 153 Å². The van der Waals surface area contributed by atoms with Crippen LogP contribution in [0.2, 0.25) is 0 Å². The van der Waals surface area contributed by atoms with E-state index in [0.717, 1.165) is 13.1 Å². The third-order valence-corrected chi connectivity index (χ3v) is 4.62. The number of amides is 1. The van der Waals surface area contributed by atoms with Gasteiger partial charge >= 0.3 is 0 Å². The van der Waals surface area contributed by atoms with E-state index in [1.54, 1.807) is 19.2 Å². The number of ether oxygens (including phenoxy) is 3. The molecular weight excluding hydrogens is 332 g/mol. The fourth-order valence-corrected chi connectivity index (χ4v) is 3.25. The lowest BCUT2D eigenvalue weighted by atomic mass is 10.1. The van der Waals surface area contributed by atoms with E-state index in [4.69, 9.17) is 14.2 Å². The van der Waals surface area contributed by atoms with E-state index in [9.17, 15) is 4.79 Å². The quantitative estimate of drug-likeness (QED) is 0.824. The molecule has 0 spiro atoms. The van der Waals surface area contributed by atoms with E-state index in [2.05, 4.69) is 17.0 Å². The standard InChI is InChI=1S/C20H24N2O4/c1-24-17-10-9-16(18(25-2)19(17)26-3)20(23)22-13-11-21(12-14-22)15-7-5-4-6-8-15/h4-10H,11-14H2,1-3H3. The highest BCUT2D eigenvalue weighted by Crippen LogP contribution is 2.40. The van der Waals surface area contributed by atoms with Crippen LogP contribution in [0.15, 0.2) is 42.5 Å². The third kappa shape index (κ3) is 3.40. The summed E-state index contributed by atoms with van der Waals surface area (Å²) in [4.78, 5) is 17.2. The zero-order chi connectivity index (χ0) is 18.5. The van der Waals surface area contributed by atoms with Crippen molar-refractivity contribution in [2.75, 3.05) is 52.4 Å². The van der Waals surface area contributed by atoms with Crippen LogP contribution in [0.3, 0.4) is 0 Å². The SMILES string of the molecule is COc1ccc(C(=O)N2CCN(c3ccccc3)CC2)c(OC)c1OC. The topological polar surface area (TPSA) is 51.2 Å². The first-order chi connectivity index (χ1) is 12.7. The molecule has 0 atom stereocenters. The first kappa shape index (κ1) is 17.9. The largest absolute Gasteiger partial charge is 0.493 e. The van der Waals surface area contributed by atoms with Crippen LogP contribution in [0.5, 0.6) is 17.2 Å².